The summed E-state index contributed by atoms with van der Waals surface area (Å²) in [4.78, 5) is 15.2. The number of nitrogen functional groups attached to an aromatic ring is 1. The first-order valence-corrected chi connectivity index (χ1v) is 6.51. The first kappa shape index (κ1) is 12.8. The number of halogens is 1. The van der Waals surface area contributed by atoms with E-state index in [1.54, 1.807) is 24.3 Å². The molecule has 7 heteroatoms. The summed E-state index contributed by atoms with van der Waals surface area (Å²) < 4.78 is 0.714. The molecule has 5 nitrogen and oxygen atoms in total. The van der Waals surface area contributed by atoms with Gasteiger partial charge >= 0.3 is 0 Å². The molecule has 0 atom stereocenters. The summed E-state index contributed by atoms with van der Waals surface area (Å²) in [7, 11) is 0. The third kappa shape index (κ3) is 2.80. The van der Waals surface area contributed by atoms with Crippen LogP contribution in [0.5, 0.6) is 0 Å². The molecule has 0 unspecified atom stereocenters. The molecule has 0 spiro atoms. The van der Waals surface area contributed by atoms with E-state index < -0.39 is 4.92 Å². The van der Waals surface area contributed by atoms with Crippen molar-refractivity contribution in [2.75, 3.05) is 5.73 Å². The van der Waals surface area contributed by atoms with Crippen molar-refractivity contribution in [1.82, 2.24) is 4.98 Å². The molecule has 0 saturated heterocycles. The first-order valence-electron chi connectivity index (χ1n) is 4.90. The second kappa shape index (κ2) is 5.36. The Hall–Kier alpha value is -1.60. The minimum absolute atomic E-state index is 0.0630. The van der Waals surface area contributed by atoms with Crippen LogP contribution in [0.4, 0.5) is 11.4 Å². The summed E-state index contributed by atoms with van der Waals surface area (Å²) in [5.74, 6) is 0. The smallest absolute Gasteiger partial charge is 0.283 e. The molecule has 1 aromatic carbocycles. The highest BCUT2D eigenvalue weighted by Crippen LogP contribution is 2.37. The van der Waals surface area contributed by atoms with Crippen LogP contribution in [-0.4, -0.2) is 9.91 Å². The molecule has 0 amide bonds. The van der Waals surface area contributed by atoms with Gasteiger partial charge in [-0.25, -0.2) is 4.98 Å². The monoisotopic (exact) mass is 325 g/mol. The molecule has 0 saturated carbocycles. The Kier molecular flexibility index (Phi) is 3.83. The second-order valence-corrected chi connectivity index (χ2v) is 5.27. The number of hydrogen-bond donors (Lipinski definition) is 1. The summed E-state index contributed by atoms with van der Waals surface area (Å²) in [5, 5.41) is 11.5. The van der Waals surface area contributed by atoms with Crippen molar-refractivity contribution in [3.63, 3.8) is 0 Å². The Morgan fingerprint density at radius 3 is 2.78 bits per heavy atom. The number of hydrogen-bond acceptors (Lipinski definition) is 5. The average molecular weight is 326 g/mol. The maximum Gasteiger partial charge on any atom is 0.283 e. The molecule has 92 valence electrons. The van der Waals surface area contributed by atoms with Crippen LogP contribution in [0.1, 0.15) is 0 Å². The lowest BCUT2D eigenvalue weighted by Crippen LogP contribution is -1.92. The van der Waals surface area contributed by atoms with Crippen LogP contribution in [-0.2, 0) is 0 Å². The van der Waals surface area contributed by atoms with E-state index >= 15 is 0 Å². The van der Waals surface area contributed by atoms with E-state index in [1.165, 1.54) is 24.0 Å². The normalized spacial score (nSPS) is 10.3. The van der Waals surface area contributed by atoms with Crippen molar-refractivity contribution >= 4 is 39.1 Å². The molecule has 0 aliphatic carbocycles. The average Bonchev–Trinajstić information content (AvgIpc) is 2.33. The Balaban J connectivity index is 2.37. The molecule has 1 aromatic heterocycles. The zero-order chi connectivity index (χ0) is 13.1. The van der Waals surface area contributed by atoms with E-state index in [0.717, 1.165) is 0 Å². The van der Waals surface area contributed by atoms with Crippen LogP contribution >= 0.6 is 27.7 Å². The first-order chi connectivity index (χ1) is 8.58. The zero-order valence-corrected chi connectivity index (χ0v) is 11.4. The quantitative estimate of drug-likeness (QED) is 0.690. The van der Waals surface area contributed by atoms with Gasteiger partial charge in [0.1, 0.15) is 5.03 Å². The summed E-state index contributed by atoms with van der Waals surface area (Å²) in [6.07, 6.45) is 1.52. The number of aromatic nitrogens is 1. The number of pyridine rings is 1. The van der Waals surface area contributed by atoms with Crippen molar-refractivity contribution in [2.24, 2.45) is 0 Å². The lowest BCUT2D eigenvalue weighted by molar-refractivity contribution is -0.387. The molecule has 0 radical (unpaired) electrons. The van der Waals surface area contributed by atoms with Crippen molar-refractivity contribution in [2.45, 2.75) is 9.92 Å². The third-order valence-corrected chi connectivity index (χ3v) is 4.05. The Bertz CT molecular complexity index is 607. The summed E-state index contributed by atoms with van der Waals surface area (Å²) in [6.45, 7) is 0. The van der Waals surface area contributed by atoms with E-state index in [2.05, 4.69) is 20.9 Å². The molecule has 0 bridgehead atoms. The van der Waals surface area contributed by atoms with Gasteiger partial charge < -0.3 is 5.73 Å². The number of anilines is 1. The van der Waals surface area contributed by atoms with Gasteiger partial charge in [0.25, 0.3) is 5.69 Å². The van der Waals surface area contributed by atoms with Crippen LogP contribution in [0.2, 0.25) is 0 Å². The second-order valence-electron chi connectivity index (χ2n) is 3.38. The maximum absolute atomic E-state index is 10.9. The lowest BCUT2D eigenvalue weighted by atomic mass is 10.3. The minimum atomic E-state index is -0.409. The largest absolute Gasteiger partial charge is 0.397 e. The van der Waals surface area contributed by atoms with E-state index in [9.17, 15) is 10.1 Å². The predicted octanol–water partition coefficient (Wildman–Crippen LogP) is 3.49. The number of para-hydroxylation sites is 1. The Morgan fingerprint density at radius 1 is 1.39 bits per heavy atom. The molecular weight excluding hydrogens is 318 g/mol. The molecule has 18 heavy (non-hydrogen) atoms. The fourth-order valence-electron chi connectivity index (χ4n) is 1.31. The lowest BCUT2D eigenvalue weighted by Gasteiger charge is -2.04. The van der Waals surface area contributed by atoms with E-state index in [4.69, 9.17) is 5.73 Å². The predicted molar refractivity (Wildman–Crippen MR) is 73.6 cm³/mol. The fourth-order valence-corrected chi connectivity index (χ4v) is 2.79. The molecular formula is C11H8BrN3O2S. The zero-order valence-electron chi connectivity index (χ0n) is 9.04. The fraction of sp³-hybridized carbons (Fsp3) is 0. The topological polar surface area (TPSA) is 82.0 Å². The van der Waals surface area contributed by atoms with Crippen LogP contribution in [0.3, 0.4) is 0 Å². The van der Waals surface area contributed by atoms with Gasteiger partial charge in [-0.1, -0.05) is 23.9 Å². The summed E-state index contributed by atoms with van der Waals surface area (Å²) in [6, 6.07) is 8.25. The van der Waals surface area contributed by atoms with Crippen LogP contribution in [0, 0.1) is 10.1 Å². The van der Waals surface area contributed by atoms with Crippen molar-refractivity contribution in [3.8, 4) is 0 Å². The number of rotatable bonds is 3. The molecule has 2 rings (SSSR count). The number of nitrogens with zero attached hydrogens (tertiary/aromatic N) is 2. The van der Waals surface area contributed by atoms with Gasteiger partial charge in [0.2, 0.25) is 0 Å². The molecule has 0 fully saturated rings. The van der Waals surface area contributed by atoms with Crippen LogP contribution in [0.25, 0.3) is 0 Å². The molecule has 0 aliphatic rings. The maximum atomic E-state index is 10.9. The van der Waals surface area contributed by atoms with E-state index in [-0.39, 0.29) is 5.69 Å². The van der Waals surface area contributed by atoms with E-state index in [0.29, 0.717) is 20.1 Å². The molecule has 2 N–H and O–H groups in total. The number of nitro groups is 1. The van der Waals surface area contributed by atoms with Gasteiger partial charge in [0.05, 0.1) is 26.2 Å². The van der Waals surface area contributed by atoms with Crippen molar-refractivity contribution < 1.29 is 4.92 Å². The Morgan fingerprint density at radius 2 is 2.11 bits per heavy atom. The number of benzene rings is 1. The number of nitrogens with two attached hydrogens (primary N) is 1. The Labute approximate surface area is 116 Å². The van der Waals surface area contributed by atoms with Crippen molar-refractivity contribution in [3.05, 3.63) is 51.1 Å². The van der Waals surface area contributed by atoms with Crippen molar-refractivity contribution in [1.29, 1.82) is 0 Å². The van der Waals surface area contributed by atoms with Crippen LogP contribution < -0.4 is 5.73 Å². The van der Waals surface area contributed by atoms with Gasteiger partial charge in [0.15, 0.2) is 0 Å². The molecule has 0 aliphatic heterocycles. The highest BCUT2D eigenvalue weighted by Gasteiger charge is 2.15. The highest BCUT2D eigenvalue weighted by atomic mass is 79.9. The highest BCUT2D eigenvalue weighted by molar-refractivity contribution is 9.10. The summed E-state index contributed by atoms with van der Waals surface area (Å²) >= 11 is 4.56. The summed E-state index contributed by atoms with van der Waals surface area (Å²) in [5.41, 5.74) is 6.19. The SMILES string of the molecule is Nc1cnc(Sc2ccccc2[N+](=O)[O-])c(Br)c1. The molecule has 1 heterocycles. The van der Waals surface area contributed by atoms with Crippen LogP contribution in [0.15, 0.2) is 50.9 Å². The van der Waals surface area contributed by atoms with E-state index in [1.807, 2.05) is 0 Å². The van der Waals surface area contributed by atoms with Gasteiger partial charge in [-0.05, 0) is 28.1 Å². The van der Waals surface area contributed by atoms with Gasteiger partial charge in [-0.15, -0.1) is 0 Å². The third-order valence-electron chi connectivity index (χ3n) is 2.10. The number of nitro benzene ring substituents is 1. The van der Waals surface area contributed by atoms with Gasteiger partial charge in [-0.3, -0.25) is 10.1 Å². The van der Waals surface area contributed by atoms with Gasteiger partial charge in [0, 0.05) is 6.07 Å². The minimum Gasteiger partial charge on any atom is -0.397 e. The van der Waals surface area contributed by atoms with Gasteiger partial charge in [-0.2, -0.15) is 0 Å². The standard InChI is InChI=1S/C11H8BrN3O2S/c12-8-5-7(13)6-14-11(8)18-10-4-2-1-3-9(10)15(16)17/h1-6H,13H2. The molecule has 2 aromatic rings.